The smallest absolute Gasteiger partial charge is 0.269 e. The molecule has 0 atom stereocenters. The Balaban J connectivity index is 1.29. The average molecular weight is 480 g/mol. The fourth-order valence-corrected chi connectivity index (χ4v) is 5.06. The number of para-hydroxylation sites is 1. The van der Waals surface area contributed by atoms with Gasteiger partial charge >= 0.3 is 0 Å². The molecule has 3 aromatic rings. The van der Waals surface area contributed by atoms with E-state index in [1.807, 2.05) is 35.0 Å². The van der Waals surface area contributed by atoms with Crippen LogP contribution in [0.25, 0.3) is 5.69 Å². The first-order valence-corrected chi connectivity index (χ1v) is 12.2. The molecule has 9 nitrogen and oxygen atoms in total. The Bertz CT molecular complexity index is 1180. The standard InChI is InChI=1S/C24H29N7O2S/c32-31(33)22-10-8-20(9-11-22)28-16-14-27(15-17-28)19-29-24(34)30(21-6-2-1-3-7-21)23(25-29)18-26-12-4-5-13-26/h1-3,6-11H,4-5,12-19H2. The second kappa shape index (κ2) is 10.0. The predicted molar refractivity (Wildman–Crippen MR) is 134 cm³/mol. The molecule has 0 radical (unpaired) electrons. The summed E-state index contributed by atoms with van der Waals surface area (Å²) in [6, 6.07) is 17.0. The van der Waals surface area contributed by atoms with Gasteiger partial charge in [0.05, 0.1) is 18.1 Å². The maximum Gasteiger partial charge on any atom is 0.269 e. The summed E-state index contributed by atoms with van der Waals surface area (Å²) in [5, 5.41) is 15.9. The van der Waals surface area contributed by atoms with Crippen molar-refractivity contribution >= 4 is 23.6 Å². The molecule has 2 aliphatic rings. The highest BCUT2D eigenvalue weighted by atomic mass is 32.1. The van der Waals surface area contributed by atoms with Crippen molar-refractivity contribution in [1.82, 2.24) is 24.1 Å². The largest absolute Gasteiger partial charge is 0.369 e. The van der Waals surface area contributed by atoms with Crippen LogP contribution in [0.15, 0.2) is 54.6 Å². The monoisotopic (exact) mass is 479 g/mol. The van der Waals surface area contributed by atoms with Crippen LogP contribution in [0, 0.1) is 14.9 Å². The molecule has 5 rings (SSSR count). The lowest BCUT2D eigenvalue weighted by molar-refractivity contribution is -0.384. The zero-order valence-electron chi connectivity index (χ0n) is 19.1. The van der Waals surface area contributed by atoms with Gasteiger partial charge in [-0.25, -0.2) is 4.68 Å². The molecule has 10 heteroatoms. The van der Waals surface area contributed by atoms with Gasteiger partial charge in [0.1, 0.15) is 0 Å². The second-order valence-corrected chi connectivity index (χ2v) is 9.24. The molecule has 0 N–H and O–H groups in total. The Morgan fingerprint density at radius 2 is 1.53 bits per heavy atom. The summed E-state index contributed by atoms with van der Waals surface area (Å²) < 4.78 is 4.79. The summed E-state index contributed by atoms with van der Waals surface area (Å²) in [5.41, 5.74) is 2.19. The highest BCUT2D eigenvalue weighted by molar-refractivity contribution is 7.71. The average Bonchev–Trinajstić information content (AvgIpc) is 3.48. The Kier molecular flexibility index (Phi) is 6.70. The van der Waals surface area contributed by atoms with Crippen LogP contribution in [-0.2, 0) is 13.2 Å². The van der Waals surface area contributed by atoms with Gasteiger partial charge in [0, 0.05) is 49.7 Å². The number of hydrogen-bond donors (Lipinski definition) is 0. The van der Waals surface area contributed by atoms with Crippen LogP contribution in [0.2, 0.25) is 0 Å². The van der Waals surface area contributed by atoms with Crippen molar-refractivity contribution in [3.63, 3.8) is 0 Å². The van der Waals surface area contributed by atoms with Crippen molar-refractivity contribution in [2.45, 2.75) is 26.1 Å². The van der Waals surface area contributed by atoms with Crippen molar-refractivity contribution < 1.29 is 4.92 Å². The lowest BCUT2D eigenvalue weighted by atomic mass is 10.2. The molecule has 0 amide bonds. The minimum Gasteiger partial charge on any atom is -0.369 e. The zero-order chi connectivity index (χ0) is 23.5. The van der Waals surface area contributed by atoms with Gasteiger partial charge in [-0.05, 0) is 62.4 Å². The van der Waals surface area contributed by atoms with Gasteiger partial charge in [-0.3, -0.25) is 24.5 Å². The van der Waals surface area contributed by atoms with Crippen LogP contribution in [0.4, 0.5) is 11.4 Å². The molecule has 0 unspecified atom stereocenters. The normalized spacial score (nSPS) is 17.4. The Hall–Kier alpha value is -3.08. The summed E-state index contributed by atoms with van der Waals surface area (Å²) >= 11 is 5.89. The fourth-order valence-electron chi connectivity index (χ4n) is 4.75. The summed E-state index contributed by atoms with van der Waals surface area (Å²) in [6.45, 7) is 7.13. The van der Waals surface area contributed by atoms with Crippen LogP contribution in [0.5, 0.6) is 0 Å². The van der Waals surface area contributed by atoms with E-state index in [2.05, 4.69) is 31.4 Å². The van der Waals surface area contributed by atoms with Crippen molar-refractivity contribution in [2.75, 3.05) is 44.2 Å². The van der Waals surface area contributed by atoms with E-state index in [-0.39, 0.29) is 10.6 Å². The number of hydrogen-bond acceptors (Lipinski definition) is 7. The van der Waals surface area contributed by atoms with E-state index in [4.69, 9.17) is 17.3 Å². The lowest BCUT2D eigenvalue weighted by Gasteiger charge is -2.35. The second-order valence-electron chi connectivity index (χ2n) is 8.87. The van der Waals surface area contributed by atoms with Gasteiger partial charge < -0.3 is 4.90 Å². The molecule has 2 fully saturated rings. The zero-order valence-corrected chi connectivity index (χ0v) is 19.9. The maximum absolute atomic E-state index is 10.9. The van der Waals surface area contributed by atoms with E-state index in [9.17, 15) is 10.1 Å². The van der Waals surface area contributed by atoms with Crippen molar-refractivity contribution in [2.24, 2.45) is 0 Å². The third-order valence-electron chi connectivity index (χ3n) is 6.62. The Morgan fingerprint density at radius 3 is 2.18 bits per heavy atom. The van der Waals surface area contributed by atoms with E-state index in [1.54, 1.807) is 12.1 Å². The summed E-state index contributed by atoms with van der Waals surface area (Å²) in [6.07, 6.45) is 2.48. The number of nitrogens with zero attached hydrogens (tertiary/aromatic N) is 7. The van der Waals surface area contributed by atoms with Gasteiger partial charge in [0.25, 0.3) is 5.69 Å². The topological polar surface area (TPSA) is 75.6 Å². The molecular formula is C24H29N7O2S. The van der Waals surface area contributed by atoms with Crippen molar-refractivity contribution in [3.05, 3.63) is 75.3 Å². The molecular weight excluding hydrogens is 450 g/mol. The number of nitro groups is 1. The Labute approximate surface area is 204 Å². The summed E-state index contributed by atoms with van der Waals surface area (Å²) in [7, 11) is 0. The van der Waals surface area contributed by atoms with Gasteiger partial charge in [-0.15, -0.1) is 0 Å². The first-order chi connectivity index (χ1) is 16.6. The van der Waals surface area contributed by atoms with Crippen molar-refractivity contribution in [3.8, 4) is 5.69 Å². The number of non-ortho nitro benzene ring substituents is 1. The molecule has 2 aliphatic heterocycles. The third-order valence-corrected chi connectivity index (χ3v) is 7.01. The Morgan fingerprint density at radius 1 is 0.853 bits per heavy atom. The third kappa shape index (κ3) is 4.89. The SMILES string of the molecule is O=[N+]([O-])c1ccc(N2CCN(Cn3nc(CN4CCCC4)n(-c4ccccc4)c3=S)CC2)cc1. The molecule has 2 aromatic carbocycles. The number of anilines is 1. The number of piperazine rings is 1. The van der Waals surface area contributed by atoms with Crippen molar-refractivity contribution in [1.29, 1.82) is 0 Å². The highest BCUT2D eigenvalue weighted by Gasteiger charge is 2.22. The number of nitro benzene ring substituents is 1. The van der Waals surface area contributed by atoms with E-state index in [0.717, 1.165) is 67.8 Å². The molecule has 0 aliphatic carbocycles. The quantitative estimate of drug-likeness (QED) is 0.291. The van der Waals surface area contributed by atoms with Crippen LogP contribution in [0.1, 0.15) is 18.7 Å². The molecule has 1 aromatic heterocycles. The van der Waals surface area contributed by atoms with Gasteiger partial charge in [-0.2, -0.15) is 5.10 Å². The number of likely N-dealkylation sites (tertiary alicyclic amines) is 1. The van der Waals surface area contributed by atoms with Crippen LogP contribution in [-0.4, -0.2) is 68.3 Å². The number of aromatic nitrogens is 3. The molecule has 34 heavy (non-hydrogen) atoms. The molecule has 3 heterocycles. The maximum atomic E-state index is 10.9. The highest BCUT2D eigenvalue weighted by Crippen LogP contribution is 2.21. The molecule has 0 bridgehead atoms. The van der Waals surface area contributed by atoms with E-state index in [1.165, 1.54) is 12.8 Å². The number of benzene rings is 2. The van der Waals surface area contributed by atoms with E-state index < -0.39 is 0 Å². The predicted octanol–water partition coefficient (Wildman–Crippen LogP) is 3.69. The molecule has 0 saturated carbocycles. The number of rotatable bonds is 7. The lowest BCUT2D eigenvalue weighted by Crippen LogP contribution is -2.47. The van der Waals surface area contributed by atoms with Crippen LogP contribution in [0.3, 0.4) is 0 Å². The first-order valence-electron chi connectivity index (χ1n) is 11.8. The first kappa shape index (κ1) is 22.7. The summed E-state index contributed by atoms with van der Waals surface area (Å²) in [5.74, 6) is 0.989. The minimum atomic E-state index is -0.363. The molecule has 0 spiro atoms. The van der Waals surface area contributed by atoms with E-state index in [0.29, 0.717) is 6.67 Å². The van der Waals surface area contributed by atoms with Crippen LogP contribution < -0.4 is 4.90 Å². The van der Waals surface area contributed by atoms with Crippen LogP contribution >= 0.6 is 12.2 Å². The van der Waals surface area contributed by atoms with Gasteiger partial charge in [0.15, 0.2) is 5.82 Å². The fraction of sp³-hybridized carbons (Fsp3) is 0.417. The van der Waals surface area contributed by atoms with E-state index >= 15 is 0 Å². The molecule has 178 valence electrons. The molecule has 2 saturated heterocycles. The van der Waals surface area contributed by atoms with Gasteiger partial charge in [-0.1, -0.05) is 18.2 Å². The summed E-state index contributed by atoms with van der Waals surface area (Å²) in [4.78, 5) is 17.6. The van der Waals surface area contributed by atoms with Gasteiger partial charge in [0.2, 0.25) is 4.77 Å². The minimum absolute atomic E-state index is 0.121.